The molecule has 0 aromatic heterocycles. The highest BCUT2D eigenvalue weighted by molar-refractivity contribution is 6.68. The maximum absolute atomic E-state index is 10.4. The van der Waals surface area contributed by atoms with Gasteiger partial charge in [0.1, 0.15) is 0 Å². The predicted molar refractivity (Wildman–Crippen MR) is 43.3 cm³/mol. The van der Waals surface area contributed by atoms with Crippen molar-refractivity contribution >= 4 is 40.8 Å². The molecule has 0 rings (SSSR count). The molecule has 0 fully saturated rings. The van der Waals surface area contributed by atoms with Crippen molar-refractivity contribution in [3.8, 4) is 0 Å². The van der Waals surface area contributed by atoms with Gasteiger partial charge < -0.3 is 9.84 Å². The molecule has 0 amide bonds. The summed E-state index contributed by atoms with van der Waals surface area (Å²) in [5.74, 6) is -1.29. The molecule has 0 spiro atoms. The highest BCUT2D eigenvalue weighted by atomic mass is 35.6. The quantitative estimate of drug-likeness (QED) is 0.740. The largest absolute Gasteiger partial charge is 0.479 e. The zero-order chi connectivity index (χ0) is 9.07. The van der Waals surface area contributed by atoms with E-state index < -0.39 is 15.9 Å². The third kappa shape index (κ3) is 4.01. The second kappa shape index (κ2) is 4.36. The Kier molecular flexibility index (Phi) is 4.48. The fraction of sp³-hybridized carbons (Fsp3) is 0.800. The summed E-state index contributed by atoms with van der Waals surface area (Å²) in [5, 5.41) is 8.46. The Morgan fingerprint density at radius 3 is 2.18 bits per heavy atom. The summed E-state index contributed by atoms with van der Waals surface area (Å²) < 4.78 is 2.76. The number of ether oxygens (including phenoxy) is 1. The van der Waals surface area contributed by atoms with Crippen molar-refractivity contribution in [3.63, 3.8) is 0 Å². The highest BCUT2D eigenvalue weighted by Crippen LogP contribution is 2.32. The molecule has 3 nitrogen and oxygen atoms in total. The normalized spacial score (nSPS) is 14.5. The van der Waals surface area contributed by atoms with Crippen LogP contribution in [0, 0.1) is 0 Å². The first-order chi connectivity index (χ1) is 4.89. The number of carbonyl (C=O) groups is 1. The van der Waals surface area contributed by atoms with Crippen LogP contribution in [-0.4, -0.2) is 27.6 Å². The molecule has 0 radical (unpaired) electrons. The molecule has 0 aromatic carbocycles. The predicted octanol–water partition coefficient (Wildman–Crippen LogP) is 1.85. The summed E-state index contributed by atoms with van der Waals surface area (Å²) in [4.78, 5) is 10.4. The molecule has 0 aliphatic carbocycles. The number of aliphatic carboxylic acids is 1. The van der Waals surface area contributed by atoms with E-state index in [1.165, 1.54) is 0 Å². The van der Waals surface area contributed by atoms with Crippen LogP contribution in [0.4, 0.5) is 0 Å². The summed E-state index contributed by atoms with van der Waals surface area (Å²) in [5.41, 5.74) is 0. The molecule has 0 heterocycles. The number of halogens is 3. The first-order valence-electron chi connectivity index (χ1n) is 2.80. The number of rotatable bonds is 3. The van der Waals surface area contributed by atoms with Gasteiger partial charge in [0.2, 0.25) is 9.90 Å². The van der Waals surface area contributed by atoms with E-state index in [4.69, 9.17) is 39.9 Å². The van der Waals surface area contributed by atoms with Gasteiger partial charge in [-0.25, -0.2) is 4.79 Å². The first kappa shape index (κ1) is 11.3. The lowest BCUT2D eigenvalue weighted by molar-refractivity contribution is -0.149. The van der Waals surface area contributed by atoms with E-state index in [-0.39, 0.29) is 6.61 Å². The van der Waals surface area contributed by atoms with Gasteiger partial charge >= 0.3 is 5.97 Å². The van der Waals surface area contributed by atoms with E-state index in [2.05, 4.69) is 4.74 Å². The maximum atomic E-state index is 10.4. The third-order valence-electron chi connectivity index (χ3n) is 0.855. The minimum Gasteiger partial charge on any atom is -0.479 e. The fourth-order valence-corrected chi connectivity index (χ4v) is 0.941. The van der Waals surface area contributed by atoms with Crippen LogP contribution in [0.2, 0.25) is 0 Å². The molecule has 1 atom stereocenters. The van der Waals surface area contributed by atoms with Gasteiger partial charge in [-0.2, -0.15) is 0 Å². The number of carboxylic acids is 1. The molecule has 11 heavy (non-hydrogen) atoms. The lowest BCUT2D eigenvalue weighted by Crippen LogP contribution is -2.36. The SMILES string of the molecule is CCOC(C(=O)O)C(Cl)(Cl)Cl. The highest BCUT2D eigenvalue weighted by Gasteiger charge is 2.39. The molecule has 1 N–H and O–H groups in total. The molecule has 66 valence electrons. The summed E-state index contributed by atoms with van der Waals surface area (Å²) in [6.07, 6.45) is -1.41. The summed E-state index contributed by atoms with van der Waals surface area (Å²) >= 11 is 15.9. The number of hydrogen-bond donors (Lipinski definition) is 1. The van der Waals surface area contributed by atoms with Crippen molar-refractivity contribution in [2.75, 3.05) is 6.61 Å². The first-order valence-corrected chi connectivity index (χ1v) is 3.94. The number of hydrogen-bond acceptors (Lipinski definition) is 2. The molecule has 0 aliphatic rings. The topological polar surface area (TPSA) is 46.5 Å². The Balaban J connectivity index is 4.22. The van der Waals surface area contributed by atoms with Crippen LogP contribution in [0.1, 0.15) is 6.92 Å². The Bertz CT molecular complexity index is 142. The van der Waals surface area contributed by atoms with E-state index in [1.54, 1.807) is 6.92 Å². The van der Waals surface area contributed by atoms with E-state index in [9.17, 15) is 4.79 Å². The molecule has 0 saturated heterocycles. The van der Waals surface area contributed by atoms with Crippen molar-refractivity contribution in [2.24, 2.45) is 0 Å². The average molecular weight is 221 g/mol. The molecular weight excluding hydrogens is 214 g/mol. The lowest BCUT2D eigenvalue weighted by Gasteiger charge is -2.19. The van der Waals surface area contributed by atoms with Crippen LogP contribution in [0.25, 0.3) is 0 Å². The second-order valence-electron chi connectivity index (χ2n) is 1.72. The fourth-order valence-electron chi connectivity index (χ4n) is 0.472. The van der Waals surface area contributed by atoms with Gasteiger partial charge in [-0.05, 0) is 6.92 Å². The van der Waals surface area contributed by atoms with Crippen LogP contribution in [0.3, 0.4) is 0 Å². The smallest absolute Gasteiger partial charge is 0.337 e. The zero-order valence-corrected chi connectivity index (χ0v) is 7.95. The molecule has 0 aromatic rings. The van der Waals surface area contributed by atoms with E-state index in [0.717, 1.165) is 0 Å². The summed E-state index contributed by atoms with van der Waals surface area (Å²) in [6, 6.07) is 0. The third-order valence-corrected chi connectivity index (χ3v) is 1.45. The minimum absolute atomic E-state index is 0.185. The molecule has 0 aliphatic heterocycles. The minimum atomic E-state index is -1.91. The van der Waals surface area contributed by atoms with Crippen LogP contribution >= 0.6 is 34.8 Å². The van der Waals surface area contributed by atoms with Gasteiger partial charge in [0.05, 0.1) is 0 Å². The van der Waals surface area contributed by atoms with Gasteiger partial charge in [-0.3, -0.25) is 0 Å². The number of carboxylic acid groups (broad SMARTS) is 1. The molecular formula is C5H7Cl3O3. The molecule has 0 bridgehead atoms. The Morgan fingerprint density at radius 2 is 2.09 bits per heavy atom. The number of alkyl halides is 3. The van der Waals surface area contributed by atoms with Crippen molar-refractivity contribution in [3.05, 3.63) is 0 Å². The van der Waals surface area contributed by atoms with Crippen LogP contribution in [0.5, 0.6) is 0 Å². The average Bonchev–Trinajstić information content (AvgIpc) is 1.79. The standard InChI is InChI=1S/C5H7Cl3O3/c1-2-11-3(4(9)10)5(6,7)8/h3H,2H2,1H3,(H,9,10). The van der Waals surface area contributed by atoms with Gasteiger partial charge in [0.25, 0.3) is 0 Å². The zero-order valence-electron chi connectivity index (χ0n) is 5.68. The lowest BCUT2D eigenvalue weighted by atomic mass is 10.4. The van der Waals surface area contributed by atoms with Gasteiger partial charge in [0.15, 0.2) is 0 Å². The second-order valence-corrected chi connectivity index (χ2v) is 4.08. The van der Waals surface area contributed by atoms with Crippen LogP contribution in [0.15, 0.2) is 0 Å². The Labute approximate surface area is 79.2 Å². The van der Waals surface area contributed by atoms with Crippen molar-refractivity contribution in [1.29, 1.82) is 0 Å². The van der Waals surface area contributed by atoms with Crippen molar-refractivity contribution < 1.29 is 14.6 Å². The molecule has 1 unspecified atom stereocenters. The monoisotopic (exact) mass is 220 g/mol. The summed E-state index contributed by atoms with van der Waals surface area (Å²) in [7, 11) is 0. The van der Waals surface area contributed by atoms with Gasteiger partial charge in [0, 0.05) is 6.61 Å². The van der Waals surface area contributed by atoms with Crippen LogP contribution < -0.4 is 0 Å². The Morgan fingerprint density at radius 1 is 1.64 bits per heavy atom. The van der Waals surface area contributed by atoms with E-state index in [0.29, 0.717) is 0 Å². The molecule has 0 saturated carbocycles. The van der Waals surface area contributed by atoms with E-state index in [1.807, 2.05) is 0 Å². The summed E-state index contributed by atoms with van der Waals surface area (Å²) in [6.45, 7) is 1.80. The van der Waals surface area contributed by atoms with Crippen molar-refractivity contribution in [1.82, 2.24) is 0 Å². The molecule has 6 heteroatoms. The Hall–Kier alpha value is 0.300. The van der Waals surface area contributed by atoms with Gasteiger partial charge in [-0.1, -0.05) is 34.8 Å². The van der Waals surface area contributed by atoms with Crippen LogP contribution in [-0.2, 0) is 9.53 Å². The van der Waals surface area contributed by atoms with Crippen molar-refractivity contribution in [2.45, 2.75) is 16.8 Å². The van der Waals surface area contributed by atoms with E-state index >= 15 is 0 Å². The van der Waals surface area contributed by atoms with Gasteiger partial charge in [-0.15, -0.1) is 0 Å². The maximum Gasteiger partial charge on any atom is 0.337 e.